The first-order valence-electron chi connectivity index (χ1n) is 29.0. The molecule has 17 atom stereocenters. The van der Waals surface area contributed by atoms with Crippen molar-refractivity contribution in [2.75, 3.05) is 26.4 Å². The number of ether oxygens (including phenoxy) is 18. The van der Waals surface area contributed by atoms with Crippen molar-refractivity contribution in [2.45, 2.75) is 187 Å². The van der Waals surface area contributed by atoms with Crippen LogP contribution in [0, 0.1) is 0 Å². The van der Waals surface area contributed by atoms with Gasteiger partial charge in [0.1, 0.15) is 74.3 Å². The molecule has 34 heteroatoms. The van der Waals surface area contributed by atoms with Gasteiger partial charge in [-0.3, -0.25) is 57.5 Å². The van der Waals surface area contributed by atoms with Crippen molar-refractivity contribution >= 4 is 93.8 Å². The molecular formula is C60H70N4O30. The van der Waals surface area contributed by atoms with Gasteiger partial charge in [-0.2, -0.15) is 5.10 Å². The summed E-state index contributed by atoms with van der Waals surface area (Å²) in [4.78, 5) is 165. The Hall–Kier alpha value is -9.35. The molecule has 94 heavy (non-hydrogen) atoms. The summed E-state index contributed by atoms with van der Waals surface area (Å²) in [7, 11) is 0. The minimum Gasteiger partial charge on any atom is -0.463 e. The molecule has 0 bridgehead atoms. The van der Waals surface area contributed by atoms with Crippen LogP contribution in [0.5, 0.6) is 0 Å². The van der Waals surface area contributed by atoms with Crippen molar-refractivity contribution in [1.29, 1.82) is 0 Å². The van der Waals surface area contributed by atoms with E-state index < -0.39 is 202 Å². The summed E-state index contributed by atoms with van der Waals surface area (Å²) in [5.74, 6) is -12.0. The van der Waals surface area contributed by atoms with Crippen molar-refractivity contribution in [3.63, 3.8) is 0 Å². The first-order valence-corrected chi connectivity index (χ1v) is 29.0. The zero-order chi connectivity index (χ0) is 68.8. The molecule has 0 N–H and O–H groups in total. The van der Waals surface area contributed by atoms with Gasteiger partial charge in [-0.05, 0) is 24.3 Å². The molecule has 7 rings (SSSR count). The van der Waals surface area contributed by atoms with Crippen LogP contribution in [0.1, 0.15) is 94.9 Å². The molecule has 3 aliphatic rings. The normalized spacial score (nSPS) is 26.4. The van der Waals surface area contributed by atoms with Gasteiger partial charge in [-0.25, -0.2) is 14.6 Å². The summed E-state index contributed by atoms with van der Waals surface area (Å²) in [5.41, 5.74) is 1.20. The number of rotatable bonds is 25. The minimum absolute atomic E-state index is 0.0228. The first-order chi connectivity index (χ1) is 44.5. The molecular weight excluding hydrogens is 1260 g/mol. The number of para-hydroxylation sites is 3. The maximum atomic E-state index is 13.6. The van der Waals surface area contributed by atoms with Gasteiger partial charge in [0.05, 0.1) is 16.7 Å². The fraction of sp³-hybridized carbons (Fsp3) is 0.550. The summed E-state index contributed by atoms with van der Waals surface area (Å²) in [5, 5.41) is 4.90. The molecule has 2 aromatic carbocycles. The molecule has 3 fully saturated rings. The van der Waals surface area contributed by atoms with Crippen LogP contribution in [0.2, 0.25) is 0 Å². The Morgan fingerprint density at radius 3 is 1.18 bits per heavy atom. The van der Waals surface area contributed by atoms with E-state index >= 15 is 0 Å². The van der Waals surface area contributed by atoms with Crippen LogP contribution in [0.15, 0.2) is 54.6 Å². The second-order valence-corrected chi connectivity index (χ2v) is 21.3. The second kappa shape index (κ2) is 32.5. The molecule has 2 unspecified atom stereocenters. The van der Waals surface area contributed by atoms with E-state index in [1.54, 1.807) is 54.6 Å². The van der Waals surface area contributed by atoms with Gasteiger partial charge in [-0.15, -0.1) is 0 Å². The molecule has 0 aliphatic carbocycles. The lowest BCUT2D eigenvalue weighted by molar-refractivity contribution is -0.382. The van der Waals surface area contributed by atoms with E-state index in [4.69, 9.17) is 100 Å². The van der Waals surface area contributed by atoms with E-state index in [0.29, 0.717) is 16.7 Å². The van der Waals surface area contributed by atoms with Crippen LogP contribution in [-0.2, 0) is 143 Å². The van der Waals surface area contributed by atoms with Gasteiger partial charge in [-0.1, -0.05) is 30.3 Å². The van der Waals surface area contributed by atoms with E-state index in [9.17, 15) is 57.5 Å². The quantitative estimate of drug-likeness (QED) is 0.0672. The first kappa shape index (κ1) is 72.1. The van der Waals surface area contributed by atoms with E-state index in [0.717, 1.165) is 83.1 Å². The lowest BCUT2D eigenvalue weighted by Gasteiger charge is -2.50. The highest BCUT2D eigenvalue weighted by Crippen LogP contribution is 2.41. The summed E-state index contributed by atoms with van der Waals surface area (Å²) < 4.78 is 108. The van der Waals surface area contributed by atoms with Crippen LogP contribution in [0.25, 0.3) is 27.9 Å². The Kier molecular flexibility index (Phi) is 24.9. The van der Waals surface area contributed by atoms with Gasteiger partial charge in [0, 0.05) is 83.1 Å². The zero-order valence-electron chi connectivity index (χ0n) is 52.9. The monoisotopic (exact) mass is 1330 g/mol. The third-order valence-corrected chi connectivity index (χ3v) is 13.7. The van der Waals surface area contributed by atoms with E-state index in [-0.39, 0.29) is 16.9 Å². The van der Waals surface area contributed by atoms with Gasteiger partial charge in [0.15, 0.2) is 73.3 Å². The summed E-state index contributed by atoms with van der Waals surface area (Å²) >= 11 is 0. The number of benzene rings is 2. The average Bonchev–Trinajstić information content (AvgIpc) is 1.52. The van der Waals surface area contributed by atoms with Crippen molar-refractivity contribution in [1.82, 2.24) is 19.7 Å². The number of carbonyl (C=O) groups excluding carboxylic acids is 12. The molecule has 510 valence electrons. The largest absolute Gasteiger partial charge is 0.463 e. The molecule has 5 heterocycles. The Labute approximate surface area is 534 Å². The number of carbonyl (C=O) groups is 12. The van der Waals surface area contributed by atoms with E-state index in [1.807, 2.05) is 0 Å². The number of hydrogen-bond donors (Lipinski definition) is 0. The fourth-order valence-corrected chi connectivity index (χ4v) is 10.4. The van der Waals surface area contributed by atoms with Crippen molar-refractivity contribution in [3.8, 4) is 5.69 Å². The molecule has 34 nitrogen and oxygen atoms in total. The third kappa shape index (κ3) is 19.1. The van der Waals surface area contributed by atoms with Gasteiger partial charge < -0.3 is 85.3 Å². The number of hydrogen-bond acceptors (Lipinski definition) is 33. The predicted octanol–water partition coefficient (Wildman–Crippen LogP) is 1.68. The van der Waals surface area contributed by atoms with Crippen LogP contribution in [0.4, 0.5) is 0 Å². The highest BCUT2D eigenvalue weighted by molar-refractivity contribution is 5.87. The van der Waals surface area contributed by atoms with Crippen molar-refractivity contribution in [2.24, 2.45) is 0 Å². The van der Waals surface area contributed by atoms with Gasteiger partial charge in [0.2, 0.25) is 0 Å². The van der Waals surface area contributed by atoms with Crippen LogP contribution >= 0.6 is 0 Å². The van der Waals surface area contributed by atoms with Gasteiger partial charge in [0.25, 0.3) is 0 Å². The summed E-state index contributed by atoms with van der Waals surface area (Å²) in [6.45, 7) is 8.54. The lowest BCUT2D eigenvalue weighted by atomic mass is 9.95. The molecule has 0 radical (unpaired) electrons. The molecule has 3 saturated heterocycles. The highest BCUT2D eigenvalue weighted by atomic mass is 16.8. The smallest absolute Gasteiger partial charge is 0.303 e. The molecule has 2 aromatic heterocycles. The number of aromatic nitrogens is 4. The van der Waals surface area contributed by atoms with Gasteiger partial charge >= 0.3 is 71.6 Å². The van der Waals surface area contributed by atoms with Crippen molar-refractivity contribution < 1.29 is 143 Å². The molecule has 0 spiro atoms. The Balaban J connectivity index is 1.39. The molecule has 4 aromatic rings. The van der Waals surface area contributed by atoms with Crippen LogP contribution in [0.3, 0.4) is 0 Å². The second-order valence-electron chi connectivity index (χ2n) is 21.3. The maximum Gasteiger partial charge on any atom is 0.303 e. The SMILES string of the molecule is CC(=O)OCC(OC(C)=O)[C@@H](O[C@H]1O[C@H](COC(C)=O)[C@@H](O[C@H]2O[C@H](COC(C)=O)[C@H](O[C@H]3O[C@@H](COC(C)=O)[C@@H](OC(C)=O)[C@H](OC(C)=O)C3OC(C)=O)[C@H](OC(C)=O)[C@@H]2OC(C)=O)[C@@H](OC(C)=O)[C@@H]1OC(C)=O)c1nn(-c2ccccc2)c2nc3ccccc3nc12. The van der Waals surface area contributed by atoms with E-state index in [2.05, 4.69) is 0 Å². The lowest BCUT2D eigenvalue weighted by Crippen LogP contribution is -2.69. The summed E-state index contributed by atoms with van der Waals surface area (Å²) in [6, 6.07) is 15.3. The predicted molar refractivity (Wildman–Crippen MR) is 305 cm³/mol. The third-order valence-electron chi connectivity index (χ3n) is 13.7. The molecule has 3 aliphatic heterocycles. The minimum atomic E-state index is -2.20. The fourth-order valence-electron chi connectivity index (χ4n) is 10.4. The standard InChI is InChI=1S/C60H70N4O30/c1-26(65)77-22-41(81-30(5)69)47(45-46-57(62-40-21-17-16-20-39(40)61-46)64(63-45)38-18-14-13-15-19-38)92-58-55(87-36(11)75)52(84-33(8)72)49(43(90-58)24-79-28(3)67)94-60-56(88-37(12)76)53(85-34(9)73)50(44(91-60)25-80-29(4)68)93-59-54(86-35(10)74)51(83-32(7)71)48(82-31(6)70)42(89-59)23-78-27(2)66/h13-21,41-44,47-56,58-60H,22-25H2,1-12H3/t41?,42-,43+,44+,47+,48+,49+,50-,51-,52+,53-,54?,55-,56-,58+,59+,60+/m0/s1. The van der Waals surface area contributed by atoms with Crippen LogP contribution in [-0.4, -0.2) is 216 Å². The highest BCUT2D eigenvalue weighted by Gasteiger charge is 2.60. The molecule has 0 saturated carbocycles. The maximum absolute atomic E-state index is 13.6. The topological polar surface area (TPSA) is 415 Å². The Morgan fingerprint density at radius 1 is 0.404 bits per heavy atom. The number of esters is 12. The Morgan fingerprint density at radius 2 is 0.766 bits per heavy atom. The van der Waals surface area contributed by atoms with E-state index in [1.165, 1.54) is 4.68 Å². The van der Waals surface area contributed by atoms with Crippen molar-refractivity contribution in [3.05, 3.63) is 60.3 Å². The Bertz CT molecular complexity index is 3450. The average molecular weight is 1330 g/mol. The number of fused-ring (bicyclic) bond motifs is 2. The zero-order valence-corrected chi connectivity index (χ0v) is 52.9. The molecule has 0 amide bonds. The van der Waals surface area contributed by atoms with Crippen LogP contribution < -0.4 is 0 Å². The summed E-state index contributed by atoms with van der Waals surface area (Å²) in [6.07, 6.45) is -32.9. The number of nitrogens with zero attached hydrogens (tertiary/aromatic N) is 4.